The lowest BCUT2D eigenvalue weighted by Gasteiger charge is -2.25. The number of carbonyl (C=O) groups excluding carboxylic acids is 1. The highest BCUT2D eigenvalue weighted by Crippen LogP contribution is 2.39. The number of benzene rings is 2. The maximum absolute atomic E-state index is 13.6. The molecule has 0 saturated carbocycles. The van der Waals surface area contributed by atoms with Crippen LogP contribution in [-0.4, -0.2) is 37.7 Å². The fraction of sp³-hybridized carbons (Fsp3) is 0.385. The molecule has 33 heavy (non-hydrogen) atoms. The van der Waals surface area contributed by atoms with Crippen molar-refractivity contribution in [2.24, 2.45) is 0 Å². The van der Waals surface area contributed by atoms with Crippen molar-refractivity contribution in [3.63, 3.8) is 0 Å². The average molecular weight is 514 g/mol. The number of methoxy groups -OCH3 is 1. The van der Waals surface area contributed by atoms with E-state index in [2.05, 4.69) is 22.9 Å². The van der Waals surface area contributed by atoms with Crippen molar-refractivity contribution >= 4 is 32.8 Å². The predicted octanol–water partition coefficient (Wildman–Crippen LogP) is 5.71. The zero-order valence-corrected chi connectivity index (χ0v) is 20.5. The van der Waals surface area contributed by atoms with Gasteiger partial charge in [0, 0.05) is 24.7 Å². The normalized spacial score (nSPS) is 15.3. The summed E-state index contributed by atoms with van der Waals surface area (Å²) in [7, 11) is 1.63. The highest BCUT2D eigenvalue weighted by atomic mass is 79.9. The van der Waals surface area contributed by atoms with Gasteiger partial charge in [0.1, 0.15) is 11.3 Å². The monoisotopic (exact) mass is 513 g/mol. The Morgan fingerprint density at radius 1 is 1.06 bits per heavy atom. The van der Waals surface area contributed by atoms with Crippen LogP contribution in [0.3, 0.4) is 0 Å². The van der Waals surface area contributed by atoms with Crippen molar-refractivity contribution < 1.29 is 18.7 Å². The summed E-state index contributed by atoms with van der Waals surface area (Å²) in [5, 5.41) is 0.451. The molecule has 6 nitrogen and oxygen atoms in total. The maximum Gasteiger partial charge on any atom is 0.290 e. The van der Waals surface area contributed by atoms with Gasteiger partial charge < -0.3 is 18.8 Å². The van der Waals surface area contributed by atoms with Crippen molar-refractivity contribution in [1.29, 1.82) is 0 Å². The lowest BCUT2D eigenvalue weighted by molar-refractivity contribution is 0.0707. The molecular formula is C26H28BrNO5. The highest BCUT2D eigenvalue weighted by Gasteiger charge is 2.42. The first-order chi connectivity index (χ1) is 16.0. The van der Waals surface area contributed by atoms with E-state index in [0.717, 1.165) is 35.0 Å². The Labute approximate surface area is 201 Å². The smallest absolute Gasteiger partial charge is 0.290 e. The molecule has 1 atom stereocenters. The average Bonchev–Trinajstić information content (AvgIpc) is 3.10. The van der Waals surface area contributed by atoms with Gasteiger partial charge in [0.2, 0.25) is 5.76 Å². The van der Waals surface area contributed by atoms with Crippen LogP contribution in [-0.2, 0) is 4.74 Å². The van der Waals surface area contributed by atoms with Gasteiger partial charge in [0.05, 0.1) is 23.6 Å². The first-order valence-electron chi connectivity index (χ1n) is 11.3. The van der Waals surface area contributed by atoms with Crippen molar-refractivity contribution in [1.82, 2.24) is 4.90 Å². The molecule has 1 amide bonds. The molecule has 0 radical (unpaired) electrons. The molecule has 2 aromatic carbocycles. The van der Waals surface area contributed by atoms with Crippen LogP contribution in [0, 0.1) is 0 Å². The lowest BCUT2D eigenvalue weighted by Crippen LogP contribution is -2.31. The third-order valence-electron chi connectivity index (χ3n) is 5.87. The number of unbranched alkanes of at least 4 members (excludes halogenated alkanes) is 2. The minimum Gasteiger partial charge on any atom is -0.494 e. The van der Waals surface area contributed by atoms with E-state index >= 15 is 0 Å². The van der Waals surface area contributed by atoms with Crippen molar-refractivity contribution in [3.05, 3.63) is 74.0 Å². The second kappa shape index (κ2) is 10.5. The summed E-state index contributed by atoms with van der Waals surface area (Å²) >= 11 is 3.43. The van der Waals surface area contributed by atoms with Crippen LogP contribution in [0.1, 0.15) is 60.3 Å². The van der Waals surface area contributed by atoms with Gasteiger partial charge >= 0.3 is 0 Å². The Kier molecular flexibility index (Phi) is 7.50. The maximum atomic E-state index is 13.6. The zero-order valence-electron chi connectivity index (χ0n) is 18.9. The van der Waals surface area contributed by atoms with E-state index in [1.54, 1.807) is 30.2 Å². The van der Waals surface area contributed by atoms with Gasteiger partial charge in [-0.3, -0.25) is 9.59 Å². The summed E-state index contributed by atoms with van der Waals surface area (Å²) in [5.41, 5.74) is 1.43. The standard InChI is InChI=1S/C26H28BrNO5/c1-3-4-5-14-32-19-9-6-8-17(15-19)23-22-24(29)20-16-18(27)10-11-21(20)33-25(22)26(30)28(23)12-7-13-31-2/h6,8-11,15-16,23H,3-5,7,12-14H2,1-2H3. The molecule has 4 rings (SSSR count). The molecule has 0 fully saturated rings. The van der Waals surface area contributed by atoms with Crippen molar-refractivity contribution in [2.45, 2.75) is 38.6 Å². The van der Waals surface area contributed by atoms with Crippen LogP contribution in [0.25, 0.3) is 11.0 Å². The Balaban J connectivity index is 1.78. The molecule has 174 valence electrons. The van der Waals surface area contributed by atoms with Gasteiger partial charge in [-0.25, -0.2) is 0 Å². The molecule has 1 aliphatic heterocycles. The van der Waals surface area contributed by atoms with Gasteiger partial charge in [-0.15, -0.1) is 0 Å². The summed E-state index contributed by atoms with van der Waals surface area (Å²) in [6.45, 7) is 3.75. The Morgan fingerprint density at radius 2 is 1.91 bits per heavy atom. The first kappa shape index (κ1) is 23.5. The van der Waals surface area contributed by atoms with Crippen LogP contribution in [0.5, 0.6) is 5.75 Å². The largest absolute Gasteiger partial charge is 0.494 e. The van der Waals surface area contributed by atoms with E-state index in [-0.39, 0.29) is 17.1 Å². The molecule has 7 heteroatoms. The Bertz CT molecular complexity index is 1200. The summed E-state index contributed by atoms with van der Waals surface area (Å²) in [6.07, 6.45) is 3.88. The van der Waals surface area contributed by atoms with E-state index in [1.807, 2.05) is 24.3 Å². The fourth-order valence-electron chi connectivity index (χ4n) is 4.27. The summed E-state index contributed by atoms with van der Waals surface area (Å²) in [4.78, 5) is 28.7. The SMILES string of the molecule is CCCCCOc1cccc(C2c3c(oc4ccc(Br)cc4c3=O)C(=O)N2CCCOC)c1. The number of nitrogens with zero attached hydrogens (tertiary/aromatic N) is 1. The molecule has 3 aromatic rings. The summed E-state index contributed by atoms with van der Waals surface area (Å²) in [6, 6.07) is 12.4. The molecule has 1 unspecified atom stereocenters. The van der Waals surface area contributed by atoms with Gasteiger partial charge in [0.15, 0.2) is 5.43 Å². The minimum atomic E-state index is -0.539. The fourth-order valence-corrected chi connectivity index (χ4v) is 4.63. The minimum absolute atomic E-state index is 0.117. The molecule has 1 aliphatic rings. The van der Waals surface area contributed by atoms with Crippen LogP contribution < -0.4 is 10.2 Å². The Hall–Kier alpha value is -2.64. The second-order valence-electron chi connectivity index (χ2n) is 8.19. The third kappa shape index (κ3) is 4.84. The van der Waals surface area contributed by atoms with Crippen LogP contribution in [0.15, 0.2) is 56.1 Å². The number of rotatable bonds is 10. The zero-order chi connectivity index (χ0) is 23.4. The number of hydrogen-bond donors (Lipinski definition) is 0. The number of carbonyl (C=O) groups is 1. The molecule has 0 aliphatic carbocycles. The number of ether oxygens (including phenoxy) is 2. The summed E-state index contributed by atoms with van der Waals surface area (Å²) in [5.74, 6) is 0.572. The van der Waals surface area contributed by atoms with E-state index in [1.165, 1.54) is 0 Å². The van der Waals surface area contributed by atoms with Crippen LogP contribution >= 0.6 is 15.9 Å². The Morgan fingerprint density at radius 3 is 2.70 bits per heavy atom. The van der Waals surface area contributed by atoms with Gasteiger partial charge in [-0.05, 0) is 48.7 Å². The number of halogens is 1. The number of fused-ring (bicyclic) bond motifs is 2. The van der Waals surface area contributed by atoms with E-state index < -0.39 is 6.04 Å². The van der Waals surface area contributed by atoms with Crippen LogP contribution in [0.4, 0.5) is 0 Å². The molecule has 0 bridgehead atoms. The van der Waals surface area contributed by atoms with Gasteiger partial charge in [-0.1, -0.05) is 47.8 Å². The predicted molar refractivity (Wildman–Crippen MR) is 131 cm³/mol. The summed E-state index contributed by atoms with van der Waals surface area (Å²) < 4.78 is 17.9. The van der Waals surface area contributed by atoms with E-state index in [0.29, 0.717) is 42.7 Å². The second-order valence-corrected chi connectivity index (χ2v) is 9.11. The van der Waals surface area contributed by atoms with Gasteiger partial charge in [0.25, 0.3) is 5.91 Å². The quantitative estimate of drug-likeness (QED) is 0.325. The topological polar surface area (TPSA) is 69.0 Å². The first-order valence-corrected chi connectivity index (χ1v) is 12.1. The molecule has 1 aromatic heterocycles. The molecule has 0 N–H and O–H groups in total. The highest BCUT2D eigenvalue weighted by molar-refractivity contribution is 9.10. The van der Waals surface area contributed by atoms with Gasteiger partial charge in [-0.2, -0.15) is 0 Å². The molecule has 0 spiro atoms. The van der Waals surface area contributed by atoms with E-state index in [9.17, 15) is 9.59 Å². The lowest BCUT2D eigenvalue weighted by atomic mass is 9.98. The molecule has 0 saturated heterocycles. The number of hydrogen-bond acceptors (Lipinski definition) is 5. The van der Waals surface area contributed by atoms with E-state index in [4.69, 9.17) is 13.9 Å². The van der Waals surface area contributed by atoms with Crippen molar-refractivity contribution in [2.75, 3.05) is 26.9 Å². The molecule has 2 heterocycles. The van der Waals surface area contributed by atoms with Crippen molar-refractivity contribution in [3.8, 4) is 5.75 Å². The third-order valence-corrected chi connectivity index (χ3v) is 6.36. The number of amides is 1. The van der Waals surface area contributed by atoms with Crippen LogP contribution in [0.2, 0.25) is 0 Å². The molecular weight excluding hydrogens is 486 g/mol.